The number of fused-ring (bicyclic) bond motifs is 1. The average Bonchev–Trinajstić information content (AvgIpc) is 2.70. The second-order valence-corrected chi connectivity index (χ2v) is 8.29. The molecule has 2 heterocycles. The number of rotatable bonds is 3. The molecule has 0 amide bonds. The minimum Gasteiger partial charge on any atom is -0.298 e. The fourth-order valence-electron chi connectivity index (χ4n) is 3.38. The van der Waals surface area contributed by atoms with E-state index in [2.05, 4.69) is 25.9 Å². The quantitative estimate of drug-likeness (QED) is 0.339. The lowest BCUT2D eigenvalue weighted by Crippen LogP contribution is -2.17. The van der Waals surface area contributed by atoms with Crippen molar-refractivity contribution in [1.29, 1.82) is 0 Å². The minimum absolute atomic E-state index is 0.0990. The minimum atomic E-state index is -2.85. The van der Waals surface area contributed by atoms with Gasteiger partial charge in [0.25, 0.3) is 12.0 Å². The van der Waals surface area contributed by atoms with E-state index in [-0.39, 0.29) is 21.4 Å². The maximum atomic E-state index is 14.0. The SMILES string of the molecule is Cc1ccc(C)c(-n2c(=S)[nH]c(=O)c3c(C(F)F)cc(-c4ccc(Br)cc4)nc32)c1. The van der Waals surface area contributed by atoms with Crippen molar-refractivity contribution < 1.29 is 8.78 Å². The van der Waals surface area contributed by atoms with Crippen LogP contribution in [0.2, 0.25) is 0 Å². The third-order valence-corrected chi connectivity index (χ3v) is 5.69. The third-order valence-electron chi connectivity index (χ3n) is 4.87. The Morgan fingerprint density at radius 1 is 1.10 bits per heavy atom. The molecule has 8 heteroatoms. The number of hydrogen-bond acceptors (Lipinski definition) is 3. The zero-order valence-electron chi connectivity index (χ0n) is 16.0. The lowest BCUT2D eigenvalue weighted by molar-refractivity contribution is 0.153. The van der Waals surface area contributed by atoms with Gasteiger partial charge in [-0.1, -0.05) is 40.2 Å². The van der Waals surface area contributed by atoms with Crippen molar-refractivity contribution in [3.8, 4) is 16.9 Å². The molecule has 0 spiro atoms. The van der Waals surface area contributed by atoms with Crippen molar-refractivity contribution in [2.24, 2.45) is 0 Å². The van der Waals surface area contributed by atoms with E-state index < -0.39 is 12.0 Å². The molecule has 0 fully saturated rings. The van der Waals surface area contributed by atoms with E-state index in [9.17, 15) is 13.6 Å². The van der Waals surface area contributed by atoms with Crippen molar-refractivity contribution >= 4 is 39.2 Å². The van der Waals surface area contributed by atoms with Crippen molar-refractivity contribution in [3.63, 3.8) is 0 Å². The summed E-state index contributed by atoms with van der Waals surface area (Å²) >= 11 is 8.78. The molecule has 0 saturated carbocycles. The highest BCUT2D eigenvalue weighted by atomic mass is 79.9. The van der Waals surface area contributed by atoms with Crippen molar-refractivity contribution in [3.05, 3.63) is 84.8 Å². The van der Waals surface area contributed by atoms with E-state index >= 15 is 0 Å². The van der Waals surface area contributed by atoms with Gasteiger partial charge in [-0.3, -0.25) is 14.3 Å². The van der Waals surface area contributed by atoms with Crippen LogP contribution < -0.4 is 5.56 Å². The van der Waals surface area contributed by atoms with Crippen LogP contribution in [0.3, 0.4) is 0 Å². The highest BCUT2D eigenvalue weighted by Gasteiger charge is 2.21. The number of alkyl halides is 2. The second-order valence-electron chi connectivity index (χ2n) is 6.99. The van der Waals surface area contributed by atoms with E-state index in [0.29, 0.717) is 16.9 Å². The first kappa shape index (κ1) is 20.6. The highest BCUT2D eigenvalue weighted by Crippen LogP contribution is 2.31. The average molecular weight is 488 g/mol. The molecule has 0 aliphatic heterocycles. The Labute approximate surface area is 184 Å². The van der Waals surface area contributed by atoms with E-state index in [4.69, 9.17) is 12.2 Å². The van der Waals surface area contributed by atoms with Gasteiger partial charge in [0.2, 0.25) is 0 Å². The molecule has 0 aliphatic rings. The van der Waals surface area contributed by atoms with Gasteiger partial charge in [0.1, 0.15) is 0 Å². The van der Waals surface area contributed by atoms with Gasteiger partial charge in [0.05, 0.1) is 16.8 Å². The summed E-state index contributed by atoms with van der Waals surface area (Å²) in [5.41, 5.74) is 2.56. The smallest absolute Gasteiger partial charge is 0.264 e. The Kier molecular flexibility index (Phi) is 5.38. The summed E-state index contributed by atoms with van der Waals surface area (Å²) in [5, 5.41) is -0.166. The molecule has 2 aromatic heterocycles. The number of nitrogens with zero attached hydrogens (tertiary/aromatic N) is 2. The van der Waals surface area contributed by atoms with Crippen LogP contribution in [-0.4, -0.2) is 14.5 Å². The van der Waals surface area contributed by atoms with Gasteiger partial charge in [0, 0.05) is 15.6 Å². The summed E-state index contributed by atoms with van der Waals surface area (Å²) in [4.78, 5) is 19.8. The van der Waals surface area contributed by atoms with Crippen LogP contribution in [0.1, 0.15) is 23.1 Å². The molecule has 30 heavy (non-hydrogen) atoms. The Balaban J connectivity index is 2.18. The summed E-state index contributed by atoms with van der Waals surface area (Å²) in [5.74, 6) is 0. The zero-order valence-corrected chi connectivity index (χ0v) is 18.4. The maximum Gasteiger partial charge on any atom is 0.264 e. The molecule has 4 rings (SSSR count). The number of pyridine rings is 1. The molecule has 0 bridgehead atoms. The van der Waals surface area contributed by atoms with Gasteiger partial charge < -0.3 is 0 Å². The van der Waals surface area contributed by atoms with Gasteiger partial charge in [-0.2, -0.15) is 0 Å². The van der Waals surface area contributed by atoms with E-state index in [0.717, 1.165) is 15.6 Å². The number of hydrogen-bond donors (Lipinski definition) is 1. The van der Waals surface area contributed by atoms with E-state index in [1.165, 1.54) is 6.07 Å². The van der Waals surface area contributed by atoms with Crippen molar-refractivity contribution in [2.45, 2.75) is 20.3 Å². The fraction of sp³-hybridized carbons (Fsp3) is 0.136. The van der Waals surface area contributed by atoms with Gasteiger partial charge in [-0.15, -0.1) is 0 Å². The third kappa shape index (κ3) is 3.61. The molecule has 2 aromatic carbocycles. The molecule has 0 saturated heterocycles. The molecule has 152 valence electrons. The Bertz CT molecular complexity index is 1390. The number of nitrogens with one attached hydrogen (secondary N) is 1. The fourth-order valence-corrected chi connectivity index (χ4v) is 3.92. The molecule has 0 atom stereocenters. The van der Waals surface area contributed by atoms with E-state index in [1.807, 2.05) is 32.0 Å². The van der Waals surface area contributed by atoms with Crippen LogP contribution in [0.15, 0.2) is 57.8 Å². The summed E-state index contributed by atoms with van der Waals surface area (Å²) in [6.07, 6.45) is -2.85. The molecule has 0 unspecified atom stereocenters. The van der Waals surface area contributed by atoms with Gasteiger partial charge in [0.15, 0.2) is 10.4 Å². The van der Waals surface area contributed by atoms with Gasteiger partial charge >= 0.3 is 0 Å². The van der Waals surface area contributed by atoms with Crippen molar-refractivity contribution in [1.82, 2.24) is 14.5 Å². The normalized spacial score (nSPS) is 11.4. The molecule has 4 nitrogen and oxygen atoms in total. The Hall–Kier alpha value is -2.71. The van der Waals surface area contributed by atoms with Crippen LogP contribution in [0.25, 0.3) is 28.0 Å². The number of aromatic nitrogens is 3. The number of aromatic amines is 1. The lowest BCUT2D eigenvalue weighted by atomic mass is 10.1. The molecule has 4 aromatic rings. The van der Waals surface area contributed by atoms with Crippen LogP contribution >= 0.6 is 28.1 Å². The van der Waals surface area contributed by atoms with Gasteiger partial charge in [-0.05, 0) is 61.5 Å². The number of H-pyrrole nitrogens is 1. The topological polar surface area (TPSA) is 50.7 Å². The molecular weight excluding hydrogens is 472 g/mol. The summed E-state index contributed by atoms with van der Waals surface area (Å²) < 4.78 is 30.5. The van der Waals surface area contributed by atoms with Crippen LogP contribution in [0.4, 0.5) is 8.78 Å². The molecule has 0 aliphatic carbocycles. The first-order chi connectivity index (χ1) is 14.3. The predicted molar refractivity (Wildman–Crippen MR) is 120 cm³/mol. The van der Waals surface area contributed by atoms with Crippen molar-refractivity contribution in [2.75, 3.05) is 0 Å². The molecule has 0 radical (unpaired) electrons. The predicted octanol–water partition coefficient (Wildman–Crippen LogP) is 6.43. The van der Waals surface area contributed by atoms with Crippen LogP contribution in [-0.2, 0) is 0 Å². The number of benzene rings is 2. The Morgan fingerprint density at radius 3 is 2.47 bits per heavy atom. The zero-order chi connectivity index (χ0) is 21.6. The first-order valence-electron chi connectivity index (χ1n) is 9.08. The first-order valence-corrected chi connectivity index (χ1v) is 10.3. The maximum absolute atomic E-state index is 14.0. The van der Waals surface area contributed by atoms with Gasteiger partial charge in [-0.25, -0.2) is 13.8 Å². The number of halogens is 3. The second kappa shape index (κ2) is 7.85. The lowest BCUT2D eigenvalue weighted by Gasteiger charge is -2.16. The van der Waals surface area contributed by atoms with E-state index in [1.54, 1.807) is 28.8 Å². The Morgan fingerprint density at radius 2 is 1.80 bits per heavy atom. The van der Waals surface area contributed by atoms with Crippen LogP contribution in [0.5, 0.6) is 0 Å². The standard InChI is InChI=1S/C22H16BrF2N3OS/c1-11-3-4-12(2)17(9-11)28-20-18(21(29)27-22(28)30)15(19(24)25)10-16(26-20)13-5-7-14(23)8-6-13/h3-10,19H,1-2H3,(H,27,29,30). The summed E-state index contributed by atoms with van der Waals surface area (Å²) in [6, 6.07) is 14.2. The van der Waals surface area contributed by atoms with Crippen LogP contribution in [0, 0.1) is 18.6 Å². The highest BCUT2D eigenvalue weighted by molar-refractivity contribution is 9.10. The number of aryl methyl sites for hydroxylation is 2. The largest absolute Gasteiger partial charge is 0.298 e. The monoisotopic (exact) mass is 487 g/mol. The summed E-state index contributed by atoms with van der Waals surface area (Å²) in [7, 11) is 0. The molecular formula is C22H16BrF2N3OS. The summed E-state index contributed by atoms with van der Waals surface area (Å²) in [6.45, 7) is 3.81. The molecule has 1 N–H and O–H groups in total.